The highest BCUT2D eigenvalue weighted by molar-refractivity contribution is 8.07. The van der Waals surface area contributed by atoms with Gasteiger partial charge in [-0.15, -0.1) is 0 Å². The number of rotatable bonds is 8. The Morgan fingerprint density at radius 2 is 1.75 bits per heavy atom. The Labute approximate surface area is 124 Å². The van der Waals surface area contributed by atoms with Crippen LogP contribution in [0.2, 0.25) is 0 Å². The second kappa shape index (κ2) is 8.35. The number of hydrogen-bond acceptors (Lipinski definition) is 6. The summed E-state index contributed by atoms with van der Waals surface area (Å²) in [5.41, 5.74) is 0.682. The molecule has 0 saturated carbocycles. The first-order valence-corrected chi connectivity index (χ1v) is 8.75. The normalized spacial score (nSPS) is 12.7. The van der Waals surface area contributed by atoms with Gasteiger partial charge in [-0.25, -0.2) is 0 Å². The lowest BCUT2D eigenvalue weighted by Crippen LogP contribution is -2.05. The van der Waals surface area contributed by atoms with E-state index < -0.39 is 12.8 Å². The predicted molar refractivity (Wildman–Crippen MR) is 80.0 cm³/mol. The molecule has 0 amide bonds. The van der Waals surface area contributed by atoms with Gasteiger partial charge in [0.2, 0.25) is 0 Å². The summed E-state index contributed by atoms with van der Waals surface area (Å²) in [7, 11) is 1.58. The molecule has 0 aromatic heterocycles. The van der Waals surface area contributed by atoms with Crippen LogP contribution < -0.4 is 4.74 Å². The molecule has 7 heteroatoms. The summed E-state index contributed by atoms with van der Waals surface area (Å²) in [6.07, 6.45) is -0.829. The van der Waals surface area contributed by atoms with Crippen molar-refractivity contribution in [3.8, 4) is 11.8 Å². The summed E-state index contributed by atoms with van der Waals surface area (Å²) < 4.78 is 21.4. The Bertz CT molecular complexity index is 490. The van der Waals surface area contributed by atoms with E-state index in [9.17, 15) is 5.26 Å². The second-order valence-corrected chi connectivity index (χ2v) is 6.63. The number of hydrogen-bond donors (Lipinski definition) is 0. The summed E-state index contributed by atoms with van der Waals surface area (Å²) in [4.78, 5) is 0. The fraction of sp³-hybridized carbons (Fsp3) is 0.462. The summed E-state index contributed by atoms with van der Waals surface area (Å²) in [6, 6.07) is 9.09. The van der Waals surface area contributed by atoms with Crippen molar-refractivity contribution in [2.24, 2.45) is 0 Å². The molecule has 0 bridgehead atoms. The average Bonchev–Trinajstić information content (AvgIpc) is 2.45. The first-order chi connectivity index (χ1) is 9.58. The smallest absolute Gasteiger partial charge is 0.328 e. The fourth-order valence-corrected chi connectivity index (χ4v) is 3.63. The largest absolute Gasteiger partial charge is 0.497 e. The predicted octanol–water partition coefficient (Wildman–Crippen LogP) is 3.57. The number of nitrogens with zero attached hydrogens (tertiary/aromatic N) is 1. The Balaban J connectivity index is 2.89. The summed E-state index contributed by atoms with van der Waals surface area (Å²) in [5.74, 6) is 0.708. The Kier molecular flexibility index (Phi) is 7.14. The maximum absolute atomic E-state index is 9.26. The van der Waals surface area contributed by atoms with Gasteiger partial charge in [0.05, 0.1) is 26.4 Å². The van der Waals surface area contributed by atoms with Crippen LogP contribution in [0.1, 0.15) is 25.5 Å². The molecule has 0 aliphatic carbocycles. The van der Waals surface area contributed by atoms with Crippen molar-refractivity contribution in [2.75, 3.05) is 20.3 Å². The van der Waals surface area contributed by atoms with Crippen LogP contribution in [0.3, 0.4) is 0 Å². The summed E-state index contributed by atoms with van der Waals surface area (Å²) in [6.45, 7) is 1.46. The molecule has 0 radical (unpaired) electrons. The lowest BCUT2D eigenvalue weighted by Gasteiger charge is -2.23. The van der Waals surface area contributed by atoms with Gasteiger partial charge in [-0.1, -0.05) is 12.1 Å². The lowest BCUT2D eigenvalue weighted by molar-refractivity contribution is 0.145. The van der Waals surface area contributed by atoms with Crippen LogP contribution in [0.25, 0.3) is 0 Å². The third-order valence-corrected chi connectivity index (χ3v) is 4.85. The Morgan fingerprint density at radius 3 is 2.15 bits per heavy atom. The van der Waals surface area contributed by atoms with Gasteiger partial charge < -0.3 is 13.8 Å². The topological polar surface area (TPSA) is 60.7 Å². The van der Waals surface area contributed by atoms with Gasteiger partial charge in [0.25, 0.3) is 0 Å². The molecule has 1 aromatic carbocycles. The quantitative estimate of drug-likeness (QED) is 0.683. The maximum atomic E-state index is 9.26. The standard InChI is InChI=1S/C13H18NO4PS/c1-4-16-19(20,17-5-2)18-13(10-14)11-6-8-12(15-3)9-7-11/h6-9,13H,4-5H2,1-3H3. The van der Waals surface area contributed by atoms with Crippen LogP contribution in [0.4, 0.5) is 0 Å². The maximum Gasteiger partial charge on any atom is 0.328 e. The van der Waals surface area contributed by atoms with Gasteiger partial charge in [0.1, 0.15) is 5.75 Å². The zero-order valence-electron chi connectivity index (χ0n) is 11.7. The minimum atomic E-state index is -2.90. The van der Waals surface area contributed by atoms with Gasteiger partial charge in [-0.2, -0.15) is 5.26 Å². The highest BCUT2D eigenvalue weighted by Crippen LogP contribution is 2.53. The molecule has 0 aliphatic heterocycles. The van der Waals surface area contributed by atoms with E-state index in [4.69, 9.17) is 30.1 Å². The minimum absolute atomic E-state index is 0.373. The van der Waals surface area contributed by atoms with Crippen LogP contribution in [-0.2, 0) is 25.4 Å². The zero-order chi connectivity index (χ0) is 15.0. The van der Waals surface area contributed by atoms with E-state index in [2.05, 4.69) is 6.07 Å². The zero-order valence-corrected chi connectivity index (χ0v) is 13.4. The molecule has 1 aromatic rings. The van der Waals surface area contributed by atoms with Gasteiger partial charge in [-0.05, 0) is 43.4 Å². The molecule has 0 spiro atoms. The third kappa shape index (κ3) is 4.86. The molecule has 0 fully saturated rings. The molecule has 5 nitrogen and oxygen atoms in total. The number of methoxy groups -OCH3 is 1. The fourth-order valence-electron chi connectivity index (χ4n) is 1.48. The van der Waals surface area contributed by atoms with Crippen LogP contribution in [-0.4, -0.2) is 20.3 Å². The Hall–Kier alpha value is -0.960. The molecule has 0 saturated heterocycles. The van der Waals surface area contributed by atoms with Crippen LogP contribution in [0.15, 0.2) is 24.3 Å². The third-order valence-electron chi connectivity index (χ3n) is 2.34. The molecule has 1 atom stereocenters. The highest BCUT2D eigenvalue weighted by Gasteiger charge is 2.26. The van der Waals surface area contributed by atoms with Gasteiger partial charge in [-0.3, -0.25) is 4.52 Å². The first kappa shape index (κ1) is 17.1. The van der Waals surface area contributed by atoms with Crippen molar-refractivity contribution in [1.82, 2.24) is 0 Å². The molecule has 110 valence electrons. The van der Waals surface area contributed by atoms with Gasteiger partial charge in [0.15, 0.2) is 6.10 Å². The van der Waals surface area contributed by atoms with Crippen molar-refractivity contribution in [1.29, 1.82) is 5.26 Å². The molecule has 1 rings (SSSR count). The summed E-state index contributed by atoms with van der Waals surface area (Å²) in [5, 5.41) is 9.26. The molecule has 20 heavy (non-hydrogen) atoms. The second-order valence-electron chi connectivity index (χ2n) is 3.67. The van der Waals surface area contributed by atoms with Gasteiger partial charge >= 0.3 is 6.72 Å². The SMILES string of the molecule is CCOP(=S)(OCC)OC(C#N)c1ccc(OC)cc1. The highest BCUT2D eigenvalue weighted by atomic mass is 32.5. The number of benzene rings is 1. The lowest BCUT2D eigenvalue weighted by atomic mass is 10.1. The number of ether oxygens (including phenoxy) is 1. The van der Waals surface area contributed by atoms with Crippen molar-refractivity contribution in [3.63, 3.8) is 0 Å². The molecular weight excluding hydrogens is 297 g/mol. The van der Waals surface area contributed by atoms with E-state index in [1.54, 1.807) is 45.2 Å². The number of nitriles is 1. The van der Waals surface area contributed by atoms with Crippen molar-refractivity contribution < 1.29 is 18.3 Å². The van der Waals surface area contributed by atoms with E-state index in [0.717, 1.165) is 0 Å². The van der Waals surface area contributed by atoms with E-state index in [1.807, 2.05) is 0 Å². The monoisotopic (exact) mass is 315 g/mol. The van der Waals surface area contributed by atoms with Crippen molar-refractivity contribution >= 4 is 18.5 Å². The first-order valence-electron chi connectivity index (χ1n) is 6.19. The molecular formula is C13H18NO4PS. The van der Waals surface area contributed by atoms with Crippen molar-refractivity contribution in [3.05, 3.63) is 29.8 Å². The minimum Gasteiger partial charge on any atom is -0.497 e. The molecule has 0 aliphatic rings. The molecule has 1 unspecified atom stereocenters. The van der Waals surface area contributed by atoms with E-state index >= 15 is 0 Å². The molecule has 0 N–H and O–H groups in total. The van der Waals surface area contributed by atoms with Crippen molar-refractivity contribution in [2.45, 2.75) is 20.0 Å². The Morgan fingerprint density at radius 1 is 1.20 bits per heavy atom. The molecule has 0 heterocycles. The van der Waals surface area contributed by atoms with Crippen LogP contribution in [0.5, 0.6) is 5.75 Å². The van der Waals surface area contributed by atoms with E-state index in [0.29, 0.717) is 24.5 Å². The van der Waals surface area contributed by atoms with Crippen LogP contribution >= 0.6 is 6.72 Å². The van der Waals surface area contributed by atoms with Gasteiger partial charge in [0, 0.05) is 0 Å². The van der Waals surface area contributed by atoms with Crippen LogP contribution in [0, 0.1) is 11.3 Å². The van der Waals surface area contributed by atoms with E-state index in [-0.39, 0.29) is 0 Å². The van der Waals surface area contributed by atoms with E-state index in [1.165, 1.54) is 0 Å². The average molecular weight is 315 g/mol. The summed E-state index contributed by atoms with van der Waals surface area (Å²) >= 11 is 5.26.